The highest BCUT2D eigenvalue weighted by Crippen LogP contribution is 2.25. The van der Waals surface area contributed by atoms with Crippen molar-refractivity contribution in [2.75, 3.05) is 45.3 Å². The Morgan fingerprint density at radius 2 is 1.81 bits per heavy atom. The van der Waals surface area contributed by atoms with Crippen LogP contribution in [-0.4, -0.2) is 51.9 Å². The van der Waals surface area contributed by atoms with E-state index in [0.29, 0.717) is 32.9 Å². The number of carbonyl (C=O) groups is 1. The molecule has 1 fully saturated rings. The van der Waals surface area contributed by atoms with Gasteiger partial charge in [0.2, 0.25) is 5.91 Å². The van der Waals surface area contributed by atoms with Crippen molar-refractivity contribution in [3.8, 4) is 0 Å². The zero-order valence-electron chi connectivity index (χ0n) is 19.7. The standard InChI is InChI=1S/C24H40N4O3.HI/c1-3-4-14-30-16-17-31-15-13-26-24(25-2)27-19-20-9-8-12-22(18-20)28-23(29)21-10-6-5-7-11-21;/h8-9,12,18,21H,3-7,10-11,13-17,19H2,1-2H3,(H,28,29)(H2,25,26,27);1H. The summed E-state index contributed by atoms with van der Waals surface area (Å²) < 4.78 is 11.0. The number of nitrogens with one attached hydrogen (secondary N) is 3. The van der Waals surface area contributed by atoms with Gasteiger partial charge in [0.15, 0.2) is 5.96 Å². The molecule has 2 rings (SSSR count). The maximum atomic E-state index is 12.5. The molecule has 32 heavy (non-hydrogen) atoms. The van der Waals surface area contributed by atoms with Crippen LogP contribution in [0.3, 0.4) is 0 Å². The molecule has 0 radical (unpaired) electrons. The Morgan fingerprint density at radius 1 is 1.06 bits per heavy atom. The van der Waals surface area contributed by atoms with Gasteiger partial charge >= 0.3 is 0 Å². The molecule has 0 aromatic heterocycles. The number of ether oxygens (including phenoxy) is 2. The molecule has 0 heterocycles. The van der Waals surface area contributed by atoms with Crippen LogP contribution in [0.4, 0.5) is 5.69 Å². The van der Waals surface area contributed by atoms with Gasteiger partial charge in [0.1, 0.15) is 0 Å². The predicted molar refractivity (Wildman–Crippen MR) is 142 cm³/mol. The van der Waals surface area contributed by atoms with Gasteiger partial charge in [0, 0.05) is 38.3 Å². The van der Waals surface area contributed by atoms with E-state index in [4.69, 9.17) is 9.47 Å². The van der Waals surface area contributed by atoms with Crippen molar-refractivity contribution in [1.82, 2.24) is 10.6 Å². The van der Waals surface area contributed by atoms with E-state index in [1.807, 2.05) is 24.3 Å². The van der Waals surface area contributed by atoms with Gasteiger partial charge in [-0.1, -0.05) is 44.7 Å². The molecule has 1 aliphatic rings. The molecule has 1 aromatic rings. The molecule has 1 amide bonds. The van der Waals surface area contributed by atoms with Crippen molar-refractivity contribution in [2.24, 2.45) is 10.9 Å². The number of amides is 1. The van der Waals surface area contributed by atoms with Gasteiger partial charge < -0.3 is 25.4 Å². The Balaban J connectivity index is 0.00000512. The highest BCUT2D eigenvalue weighted by atomic mass is 127. The first-order chi connectivity index (χ1) is 15.2. The molecule has 1 aromatic carbocycles. The summed E-state index contributed by atoms with van der Waals surface area (Å²) in [7, 11) is 1.75. The fourth-order valence-corrected chi connectivity index (χ4v) is 3.58. The van der Waals surface area contributed by atoms with Crippen LogP contribution < -0.4 is 16.0 Å². The van der Waals surface area contributed by atoms with Crippen LogP contribution in [0.15, 0.2) is 29.3 Å². The number of guanidine groups is 1. The largest absolute Gasteiger partial charge is 0.379 e. The molecule has 0 saturated heterocycles. The van der Waals surface area contributed by atoms with Crippen molar-refractivity contribution >= 4 is 41.5 Å². The van der Waals surface area contributed by atoms with E-state index in [-0.39, 0.29) is 35.8 Å². The summed E-state index contributed by atoms with van der Waals surface area (Å²) in [5, 5.41) is 9.63. The lowest BCUT2D eigenvalue weighted by Gasteiger charge is -2.21. The summed E-state index contributed by atoms with van der Waals surface area (Å²) in [4.78, 5) is 16.7. The van der Waals surface area contributed by atoms with Crippen LogP contribution >= 0.6 is 24.0 Å². The minimum atomic E-state index is 0. The van der Waals surface area contributed by atoms with Crippen molar-refractivity contribution in [3.05, 3.63) is 29.8 Å². The molecule has 182 valence electrons. The van der Waals surface area contributed by atoms with E-state index in [2.05, 4.69) is 27.9 Å². The third kappa shape index (κ3) is 12.0. The van der Waals surface area contributed by atoms with Crippen molar-refractivity contribution < 1.29 is 14.3 Å². The van der Waals surface area contributed by atoms with E-state index in [1.165, 1.54) is 6.42 Å². The van der Waals surface area contributed by atoms with E-state index in [1.54, 1.807) is 7.05 Å². The summed E-state index contributed by atoms with van der Waals surface area (Å²) in [6.07, 6.45) is 7.82. The highest BCUT2D eigenvalue weighted by molar-refractivity contribution is 14.0. The quantitative estimate of drug-likeness (QED) is 0.145. The molecule has 7 nitrogen and oxygen atoms in total. The fourth-order valence-electron chi connectivity index (χ4n) is 3.58. The second kappa shape index (κ2) is 18.1. The molecule has 8 heteroatoms. The van der Waals surface area contributed by atoms with Crippen molar-refractivity contribution in [3.63, 3.8) is 0 Å². The highest BCUT2D eigenvalue weighted by Gasteiger charge is 2.21. The van der Waals surface area contributed by atoms with Gasteiger partial charge in [-0.2, -0.15) is 0 Å². The number of carbonyl (C=O) groups excluding carboxylic acids is 1. The number of hydrogen-bond donors (Lipinski definition) is 3. The molecule has 0 unspecified atom stereocenters. The van der Waals surface area contributed by atoms with Gasteiger partial charge in [-0.05, 0) is 37.0 Å². The lowest BCUT2D eigenvalue weighted by atomic mass is 9.88. The van der Waals surface area contributed by atoms with Crippen LogP contribution in [0.5, 0.6) is 0 Å². The Labute approximate surface area is 210 Å². The Kier molecular flexibility index (Phi) is 16.2. The van der Waals surface area contributed by atoms with Crippen LogP contribution in [0.25, 0.3) is 0 Å². The zero-order valence-corrected chi connectivity index (χ0v) is 22.0. The average molecular weight is 561 g/mol. The van der Waals surface area contributed by atoms with Crippen LogP contribution in [-0.2, 0) is 20.8 Å². The molecule has 1 aliphatic carbocycles. The molecule has 1 saturated carbocycles. The summed E-state index contributed by atoms with van der Waals surface area (Å²) in [6.45, 7) is 6.10. The molecular formula is C24H41IN4O3. The SMILES string of the molecule is CCCCOCCOCCNC(=NC)NCc1cccc(NC(=O)C2CCCCC2)c1.I. The second-order valence-electron chi connectivity index (χ2n) is 7.96. The van der Waals surface area contributed by atoms with Gasteiger partial charge in [0.05, 0.1) is 19.8 Å². The number of unbranched alkanes of at least 4 members (excludes halogenated alkanes) is 1. The Morgan fingerprint density at radius 3 is 2.53 bits per heavy atom. The number of rotatable bonds is 13. The van der Waals surface area contributed by atoms with E-state index in [9.17, 15) is 4.79 Å². The van der Waals surface area contributed by atoms with Crippen LogP contribution in [0, 0.1) is 5.92 Å². The number of anilines is 1. The number of halogens is 1. The third-order valence-corrected chi connectivity index (χ3v) is 5.41. The van der Waals surface area contributed by atoms with Gasteiger partial charge in [0.25, 0.3) is 0 Å². The molecule has 0 atom stereocenters. The lowest BCUT2D eigenvalue weighted by Crippen LogP contribution is -2.38. The fraction of sp³-hybridized carbons (Fsp3) is 0.667. The minimum Gasteiger partial charge on any atom is -0.379 e. The third-order valence-electron chi connectivity index (χ3n) is 5.41. The maximum absolute atomic E-state index is 12.5. The maximum Gasteiger partial charge on any atom is 0.227 e. The van der Waals surface area contributed by atoms with Crippen LogP contribution in [0.2, 0.25) is 0 Å². The second-order valence-corrected chi connectivity index (χ2v) is 7.96. The van der Waals surface area contributed by atoms with Crippen molar-refractivity contribution in [2.45, 2.75) is 58.4 Å². The van der Waals surface area contributed by atoms with E-state index in [0.717, 1.165) is 62.3 Å². The first-order valence-corrected chi connectivity index (χ1v) is 11.7. The molecule has 0 bridgehead atoms. The first-order valence-electron chi connectivity index (χ1n) is 11.7. The van der Waals surface area contributed by atoms with Gasteiger partial charge in [-0.25, -0.2) is 0 Å². The summed E-state index contributed by atoms with van der Waals surface area (Å²) in [5.41, 5.74) is 1.94. The summed E-state index contributed by atoms with van der Waals surface area (Å²) in [5.74, 6) is 1.03. The molecule has 3 N–H and O–H groups in total. The van der Waals surface area contributed by atoms with E-state index < -0.39 is 0 Å². The molecular weight excluding hydrogens is 519 g/mol. The van der Waals surface area contributed by atoms with Gasteiger partial charge in [-0.15, -0.1) is 24.0 Å². The Hall–Kier alpha value is -1.39. The summed E-state index contributed by atoms with van der Waals surface area (Å²) >= 11 is 0. The number of benzene rings is 1. The Bertz CT molecular complexity index is 666. The first kappa shape index (κ1) is 28.6. The zero-order chi connectivity index (χ0) is 22.2. The topological polar surface area (TPSA) is 84.0 Å². The average Bonchev–Trinajstić information content (AvgIpc) is 2.80. The van der Waals surface area contributed by atoms with Crippen molar-refractivity contribution in [1.29, 1.82) is 0 Å². The number of hydrogen-bond acceptors (Lipinski definition) is 4. The van der Waals surface area contributed by atoms with E-state index >= 15 is 0 Å². The normalized spacial score (nSPS) is 14.5. The smallest absolute Gasteiger partial charge is 0.227 e. The predicted octanol–water partition coefficient (Wildman–Crippen LogP) is 4.32. The number of nitrogens with zero attached hydrogens (tertiary/aromatic N) is 1. The number of aliphatic imine (C=N–C) groups is 1. The monoisotopic (exact) mass is 560 g/mol. The molecule has 0 aliphatic heterocycles. The minimum absolute atomic E-state index is 0. The van der Waals surface area contributed by atoms with Gasteiger partial charge in [-0.3, -0.25) is 9.79 Å². The molecule has 0 spiro atoms. The lowest BCUT2D eigenvalue weighted by molar-refractivity contribution is -0.120. The van der Waals surface area contributed by atoms with Crippen LogP contribution in [0.1, 0.15) is 57.4 Å². The summed E-state index contributed by atoms with van der Waals surface area (Å²) in [6, 6.07) is 7.97.